The molecular formula is C27H20O9. The van der Waals surface area contributed by atoms with Crippen LogP contribution in [-0.4, -0.2) is 29.9 Å². The first kappa shape index (κ1) is 23.1. The highest BCUT2D eigenvalue weighted by Crippen LogP contribution is 2.50. The third-order valence-corrected chi connectivity index (χ3v) is 6.20. The number of carbonyl (C=O) groups excluding carboxylic acids is 3. The predicted octanol–water partition coefficient (Wildman–Crippen LogP) is 4.50. The lowest BCUT2D eigenvalue weighted by atomic mass is 9.85. The number of ketones is 1. The summed E-state index contributed by atoms with van der Waals surface area (Å²) in [6, 6.07) is 11.2. The van der Waals surface area contributed by atoms with Gasteiger partial charge < -0.3 is 23.4 Å². The Kier molecular flexibility index (Phi) is 5.47. The highest BCUT2D eigenvalue weighted by atomic mass is 16.5. The number of Topliss-reactive ketones (excluding diaryl/α,β-unsaturated/α-hetero) is 1. The monoisotopic (exact) mass is 488 g/mol. The van der Waals surface area contributed by atoms with Crippen molar-refractivity contribution in [2.24, 2.45) is 0 Å². The number of phenolic OH excluding ortho intramolecular Hbond substituents is 1. The standard InChI is InChI=1S/C27H20O9/c1-12-10-19(29)35-25-21(12)24(31)22(13(2)28)26-23(25)16(11-20(30)36-26)18-9-8-17(34-18)14-4-6-15(7-5-14)27(32)33-3/h4-10,16,31H,11H2,1-3H3/t16-/m1/s1. The molecule has 182 valence electrons. The molecule has 0 spiro atoms. The van der Waals surface area contributed by atoms with Crippen LogP contribution in [0.15, 0.2) is 56.1 Å². The zero-order valence-electron chi connectivity index (χ0n) is 19.5. The topological polar surface area (TPSA) is 133 Å². The summed E-state index contributed by atoms with van der Waals surface area (Å²) in [6.07, 6.45) is -0.143. The van der Waals surface area contributed by atoms with Crippen LogP contribution in [0.5, 0.6) is 11.5 Å². The second-order valence-electron chi connectivity index (χ2n) is 8.48. The van der Waals surface area contributed by atoms with Crippen LogP contribution in [0.1, 0.15) is 56.9 Å². The Balaban J connectivity index is 1.70. The van der Waals surface area contributed by atoms with Crippen LogP contribution >= 0.6 is 0 Å². The molecule has 0 fully saturated rings. The van der Waals surface area contributed by atoms with Crippen LogP contribution in [0.4, 0.5) is 0 Å². The molecule has 1 aliphatic heterocycles. The number of ether oxygens (including phenoxy) is 2. The number of hydrogen-bond acceptors (Lipinski definition) is 9. The number of hydrogen-bond donors (Lipinski definition) is 1. The van der Waals surface area contributed by atoms with E-state index >= 15 is 0 Å². The van der Waals surface area contributed by atoms with Crippen molar-refractivity contribution in [3.05, 3.63) is 80.9 Å². The van der Waals surface area contributed by atoms with Crippen molar-refractivity contribution in [1.29, 1.82) is 0 Å². The molecule has 2 aromatic heterocycles. The highest BCUT2D eigenvalue weighted by molar-refractivity contribution is 6.09. The number of rotatable bonds is 4. The molecule has 1 atom stereocenters. The van der Waals surface area contributed by atoms with Crippen LogP contribution in [0.3, 0.4) is 0 Å². The lowest BCUT2D eigenvalue weighted by molar-refractivity contribution is -0.135. The van der Waals surface area contributed by atoms with Gasteiger partial charge in [0.15, 0.2) is 11.5 Å². The molecule has 0 saturated carbocycles. The normalized spacial score (nSPS) is 14.9. The maximum Gasteiger partial charge on any atom is 0.337 e. The number of esters is 2. The van der Waals surface area contributed by atoms with E-state index in [-0.39, 0.29) is 34.3 Å². The van der Waals surface area contributed by atoms with Crippen molar-refractivity contribution < 1.29 is 37.8 Å². The Morgan fingerprint density at radius 2 is 1.78 bits per heavy atom. The number of phenols is 1. The van der Waals surface area contributed by atoms with E-state index < -0.39 is 35.0 Å². The summed E-state index contributed by atoms with van der Waals surface area (Å²) in [5, 5.41) is 11.1. The summed E-state index contributed by atoms with van der Waals surface area (Å²) >= 11 is 0. The molecule has 1 N–H and O–H groups in total. The summed E-state index contributed by atoms with van der Waals surface area (Å²) in [5.41, 5.74) is 0.938. The van der Waals surface area contributed by atoms with Crippen molar-refractivity contribution >= 4 is 28.7 Å². The summed E-state index contributed by atoms with van der Waals surface area (Å²) in [5.74, 6) is -2.11. The average Bonchev–Trinajstić information content (AvgIpc) is 3.32. The summed E-state index contributed by atoms with van der Waals surface area (Å²) < 4.78 is 21.7. The molecular weight excluding hydrogens is 468 g/mol. The van der Waals surface area contributed by atoms with Gasteiger partial charge in [-0.05, 0) is 43.7 Å². The van der Waals surface area contributed by atoms with Gasteiger partial charge in [0.2, 0.25) is 0 Å². The molecule has 0 amide bonds. The van der Waals surface area contributed by atoms with Gasteiger partial charge in [0.1, 0.15) is 28.4 Å². The molecule has 5 rings (SSSR count). The van der Waals surface area contributed by atoms with E-state index in [1.807, 2.05) is 0 Å². The summed E-state index contributed by atoms with van der Waals surface area (Å²) in [4.78, 5) is 49.0. The van der Waals surface area contributed by atoms with E-state index in [4.69, 9.17) is 18.3 Å². The summed E-state index contributed by atoms with van der Waals surface area (Å²) in [7, 11) is 1.30. The van der Waals surface area contributed by atoms with Crippen LogP contribution in [0.2, 0.25) is 0 Å². The lowest BCUT2D eigenvalue weighted by Gasteiger charge is -2.26. The van der Waals surface area contributed by atoms with Gasteiger partial charge in [-0.2, -0.15) is 0 Å². The van der Waals surface area contributed by atoms with Crippen molar-refractivity contribution in [3.63, 3.8) is 0 Å². The van der Waals surface area contributed by atoms with Crippen molar-refractivity contribution in [2.75, 3.05) is 7.11 Å². The SMILES string of the molecule is COC(=O)c1ccc(-c2ccc([C@H]3CC(=O)Oc4c(C(C)=O)c(O)c5c(C)cc(=O)oc5c43)o2)cc1. The molecule has 4 aromatic rings. The van der Waals surface area contributed by atoms with Gasteiger partial charge in [-0.15, -0.1) is 0 Å². The number of aryl methyl sites for hydroxylation is 1. The molecule has 0 radical (unpaired) electrons. The number of fused-ring (bicyclic) bond motifs is 3. The van der Waals surface area contributed by atoms with Gasteiger partial charge in [0, 0.05) is 11.6 Å². The van der Waals surface area contributed by atoms with Gasteiger partial charge in [0.25, 0.3) is 0 Å². The Morgan fingerprint density at radius 1 is 1.06 bits per heavy atom. The molecule has 0 unspecified atom stereocenters. The van der Waals surface area contributed by atoms with Crippen molar-refractivity contribution in [1.82, 2.24) is 0 Å². The molecule has 9 nitrogen and oxygen atoms in total. The molecule has 3 heterocycles. The predicted molar refractivity (Wildman–Crippen MR) is 126 cm³/mol. The molecule has 0 saturated heterocycles. The number of aromatic hydroxyl groups is 1. The Morgan fingerprint density at radius 3 is 2.44 bits per heavy atom. The zero-order valence-corrected chi connectivity index (χ0v) is 19.5. The fourth-order valence-corrected chi connectivity index (χ4v) is 4.56. The molecule has 9 heteroatoms. The molecule has 1 aliphatic rings. The second kappa shape index (κ2) is 8.53. The van der Waals surface area contributed by atoms with Crippen molar-refractivity contribution in [3.8, 4) is 22.8 Å². The smallest absolute Gasteiger partial charge is 0.337 e. The average molecular weight is 488 g/mol. The fourth-order valence-electron chi connectivity index (χ4n) is 4.56. The third-order valence-electron chi connectivity index (χ3n) is 6.20. The van der Waals surface area contributed by atoms with Crippen LogP contribution in [0, 0.1) is 6.92 Å². The highest BCUT2D eigenvalue weighted by Gasteiger charge is 2.38. The van der Waals surface area contributed by atoms with Crippen LogP contribution in [-0.2, 0) is 9.53 Å². The molecule has 2 aromatic carbocycles. The number of methoxy groups -OCH3 is 1. The third kappa shape index (κ3) is 3.65. The van der Waals surface area contributed by atoms with Crippen molar-refractivity contribution in [2.45, 2.75) is 26.2 Å². The van der Waals surface area contributed by atoms with Gasteiger partial charge in [-0.25, -0.2) is 9.59 Å². The Hall–Kier alpha value is -4.66. The summed E-state index contributed by atoms with van der Waals surface area (Å²) in [6.45, 7) is 2.86. The maximum atomic E-state index is 12.6. The minimum atomic E-state index is -0.754. The first-order chi connectivity index (χ1) is 17.2. The fraction of sp³-hybridized carbons (Fsp3) is 0.185. The first-order valence-electron chi connectivity index (χ1n) is 11.0. The van der Waals surface area contributed by atoms with Gasteiger partial charge in [0.05, 0.1) is 36.0 Å². The minimum Gasteiger partial charge on any atom is -0.506 e. The van der Waals surface area contributed by atoms with E-state index in [0.29, 0.717) is 28.2 Å². The number of benzene rings is 2. The number of furan rings is 1. The van der Waals surface area contributed by atoms with Crippen LogP contribution < -0.4 is 10.4 Å². The van der Waals surface area contributed by atoms with Gasteiger partial charge >= 0.3 is 17.6 Å². The number of carbonyl (C=O) groups is 3. The first-order valence-corrected chi connectivity index (χ1v) is 11.0. The lowest BCUT2D eigenvalue weighted by Crippen LogP contribution is -2.23. The second-order valence-corrected chi connectivity index (χ2v) is 8.48. The quantitative estimate of drug-likeness (QED) is 0.191. The Bertz CT molecular complexity index is 1620. The molecule has 0 bridgehead atoms. The van der Waals surface area contributed by atoms with Gasteiger partial charge in [-0.3, -0.25) is 9.59 Å². The Labute approximate surface area is 203 Å². The van der Waals surface area contributed by atoms with E-state index in [0.717, 1.165) is 0 Å². The largest absolute Gasteiger partial charge is 0.506 e. The van der Waals surface area contributed by atoms with E-state index in [1.54, 1.807) is 43.3 Å². The minimum absolute atomic E-state index is 0.0235. The maximum absolute atomic E-state index is 12.6. The molecule has 36 heavy (non-hydrogen) atoms. The zero-order chi connectivity index (χ0) is 25.7. The van der Waals surface area contributed by atoms with E-state index in [9.17, 15) is 24.3 Å². The molecule has 0 aliphatic carbocycles. The van der Waals surface area contributed by atoms with E-state index in [1.165, 1.54) is 20.1 Å². The van der Waals surface area contributed by atoms with Gasteiger partial charge in [-0.1, -0.05) is 12.1 Å². The van der Waals surface area contributed by atoms with Crippen LogP contribution in [0.25, 0.3) is 22.3 Å². The van der Waals surface area contributed by atoms with E-state index in [2.05, 4.69) is 0 Å².